The average Bonchev–Trinajstić information content (AvgIpc) is 2.86. The van der Waals surface area contributed by atoms with Gasteiger partial charge in [-0.05, 0) is 6.07 Å². The van der Waals surface area contributed by atoms with Gasteiger partial charge in [0.1, 0.15) is 11.6 Å². The summed E-state index contributed by atoms with van der Waals surface area (Å²) < 4.78 is 51.9. The molecule has 0 aliphatic rings. The van der Waals surface area contributed by atoms with Crippen LogP contribution in [0.5, 0.6) is 0 Å². The minimum atomic E-state index is -4.02. The fraction of sp³-hybridized carbons (Fsp3) is 0.182. The molecule has 0 unspecified atom stereocenters. The fourth-order valence-electron chi connectivity index (χ4n) is 1.42. The van der Waals surface area contributed by atoms with Gasteiger partial charge in [0.2, 0.25) is 15.4 Å². The average molecular weight is 348 g/mol. The van der Waals surface area contributed by atoms with Crippen LogP contribution in [-0.4, -0.2) is 24.5 Å². The van der Waals surface area contributed by atoms with E-state index in [0.29, 0.717) is 17.4 Å². The van der Waals surface area contributed by atoms with Gasteiger partial charge in [-0.15, -0.1) is 10.2 Å². The maximum atomic E-state index is 13.4. The van der Waals surface area contributed by atoms with Crippen LogP contribution in [-0.2, 0) is 21.4 Å². The van der Waals surface area contributed by atoms with Crippen molar-refractivity contribution in [2.24, 2.45) is 0 Å². The third kappa shape index (κ3) is 4.02. The number of rotatable bonds is 5. The highest BCUT2D eigenvalue weighted by atomic mass is 32.2. The number of anilines is 1. The van der Waals surface area contributed by atoms with Crippen LogP contribution < -0.4 is 10.0 Å². The number of nitrogens with zero attached hydrogens (tertiary/aromatic N) is 2. The molecule has 0 saturated heterocycles. The first-order valence-corrected chi connectivity index (χ1v) is 8.12. The van der Waals surface area contributed by atoms with E-state index in [1.54, 1.807) is 0 Å². The minimum Gasteiger partial charge on any atom is -0.301 e. The molecule has 11 heteroatoms. The fourth-order valence-corrected chi connectivity index (χ4v) is 3.41. The highest BCUT2D eigenvalue weighted by Crippen LogP contribution is 2.20. The normalized spacial score (nSPS) is 11.4. The second-order valence-corrected chi connectivity index (χ2v) is 7.03. The van der Waals surface area contributed by atoms with Gasteiger partial charge in [0.25, 0.3) is 10.0 Å². The number of carbonyl (C=O) groups is 1. The first kappa shape index (κ1) is 16.4. The molecule has 2 rings (SSSR count). The van der Waals surface area contributed by atoms with E-state index in [-0.39, 0.29) is 21.6 Å². The lowest BCUT2D eigenvalue weighted by Crippen LogP contribution is -2.23. The number of aromatic nitrogens is 2. The van der Waals surface area contributed by atoms with Gasteiger partial charge in [-0.1, -0.05) is 17.4 Å². The monoisotopic (exact) mass is 348 g/mol. The number of amides is 1. The molecule has 0 saturated carbocycles. The molecule has 0 spiro atoms. The summed E-state index contributed by atoms with van der Waals surface area (Å²) in [5.74, 6) is -2.03. The van der Waals surface area contributed by atoms with Crippen LogP contribution in [0.25, 0.3) is 0 Å². The lowest BCUT2D eigenvalue weighted by molar-refractivity contribution is -0.114. The molecule has 2 N–H and O–H groups in total. The minimum absolute atomic E-state index is 0.0171. The number of carbonyl (C=O) groups excluding carboxylic acids is 1. The van der Waals surface area contributed by atoms with Crippen molar-refractivity contribution in [3.05, 3.63) is 35.4 Å². The van der Waals surface area contributed by atoms with Crippen LogP contribution in [0, 0.1) is 11.6 Å². The third-order valence-corrected chi connectivity index (χ3v) is 4.99. The Morgan fingerprint density at radius 2 is 2.05 bits per heavy atom. The van der Waals surface area contributed by atoms with Crippen LogP contribution in [0.2, 0.25) is 0 Å². The van der Waals surface area contributed by atoms with E-state index in [9.17, 15) is 22.0 Å². The van der Waals surface area contributed by atoms with Crippen molar-refractivity contribution in [2.75, 3.05) is 5.32 Å². The van der Waals surface area contributed by atoms with E-state index in [1.807, 2.05) is 0 Å². The standard InChI is InChI=1S/C11H10F2N4O3S2/c1-6(18)15-10-16-17-11(21-10)22(19,20)14-5-7-2-3-8(12)4-9(7)13/h2-4,14H,5H2,1H3,(H,15,16,18). The van der Waals surface area contributed by atoms with Crippen molar-refractivity contribution in [1.29, 1.82) is 0 Å². The van der Waals surface area contributed by atoms with Gasteiger partial charge >= 0.3 is 0 Å². The molecule has 0 aliphatic carbocycles. The van der Waals surface area contributed by atoms with Crippen LogP contribution in [0.1, 0.15) is 12.5 Å². The Hall–Kier alpha value is -1.98. The zero-order valence-electron chi connectivity index (χ0n) is 11.1. The summed E-state index contributed by atoms with van der Waals surface area (Å²) >= 11 is 0.652. The first-order chi connectivity index (χ1) is 10.3. The molecule has 1 amide bonds. The van der Waals surface area contributed by atoms with Gasteiger partial charge < -0.3 is 5.32 Å². The Balaban J connectivity index is 2.10. The number of hydrogen-bond acceptors (Lipinski definition) is 6. The number of sulfonamides is 1. The summed E-state index contributed by atoms with van der Waals surface area (Å²) in [6, 6.07) is 2.81. The predicted octanol–water partition coefficient (Wildman–Crippen LogP) is 1.25. The predicted molar refractivity (Wildman–Crippen MR) is 74.6 cm³/mol. The second-order valence-electron chi connectivity index (χ2n) is 4.11. The largest absolute Gasteiger partial charge is 0.301 e. The van der Waals surface area contributed by atoms with E-state index in [4.69, 9.17) is 0 Å². The second kappa shape index (κ2) is 6.42. The molecule has 0 radical (unpaired) electrons. The van der Waals surface area contributed by atoms with Crippen LogP contribution in [0.15, 0.2) is 22.5 Å². The molecule has 1 aromatic carbocycles. The molecular formula is C11H10F2N4O3S2. The maximum Gasteiger partial charge on any atom is 0.270 e. The number of benzene rings is 1. The summed E-state index contributed by atoms with van der Waals surface area (Å²) in [7, 11) is -4.02. The molecule has 0 bridgehead atoms. The van der Waals surface area contributed by atoms with Gasteiger partial charge in [-0.3, -0.25) is 4.79 Å². The highest BCUT2D eigenvalue weighted by Gasteiger charge is 2.21. The molecule has 22 heavy (non-hydrogen) atoms. The Bertz CT molecular complexity index is 807. The molecule has 118 valence electrons. The summed E-state index contributed by atoms with van der Waals surface area (Å²) in [4.78, 5) is 10.8. The quantitative estimate of drug-likeness (QED) is 0.792. The Kier molecular flexibility index (Phi) is 4.78. The molecule has 0 atom stereocenters. The van der Waals surface area contributed by atoms with Crippen molar-refractivity contribution in [2.45, 2.75) is 17.8 Å². The van der Waals surface area contributed by atoms with Gasteiger partial charge in [0, 0.05) is 25.1 Å². The summed E-state index contributed by atoms with van der Waals surface area (Å²) in [5.41, 5.74) is -0.0171. The highest BCUT2D eigenvalue weighted by molar-refractivity contribution is 7.91. The van der Waals surface area contributed by atoms with Crippen LogP contribution in [0.3, 0.4) is 0 Å². The van der Waals surface area contributed by atoms with E-state index >= 15 is 0 Å². The lowest BCUT2D eigenvalue weighted by atomic mass is 10.2. The van der Waals surface area contributed by atoms with Crippen LogP contribution >= 0.6 is 11.3 Å². The SMILES string of the molecule is CC(=O)Nc1nnc(S(=O)(=O)NCc2ccc(F)cc2F)s1. The van der Waals surface area contributed by atoms with Crippen molar-refractivity contribution < 1.29 is 22.0 Å². The van der Waals surface area contributed by atoms with Crippen molar-refractivity contribution in [3.63, 3.8) is 0 Å². The smallest absolute Gasteiger partial charge is 0.270 e. The maximum absolute atomic E-state index is 13.4. The molecule has 0 aliphatic heterocycles. The van der Waals surface area contributed by atoms with E-state index in [0.717, 1.165) is 12.1 Å². The topological polar surface area (TPSA) is 101 Å². The Morgan fingerprint density at radius 3 is 2.68 bits per heavy atom. The summed E-state index contributed by atoms with van der Waals surface area (Å²) in [6.45, 7) is 0.870. The van der Waals surface area contributed by atoms with Gasteiger partial charge in [0.05, 0.1) is 0 Å². The summed E-state index contributed by atoms with van der Waals surface area (Å²) in [6.07, 6.45) is 0. The Morgan fingerprint density at radius 1 is 1.32 bits per heavy atom. The molecular weight excluding hydrogens is 338 g/mol. The van der Waals surface area contributed by atoms with Crippen molar-refractivity contribution in [1.82, 2.24) is 14.9 Å². The summed E-state index contributed by atoms with van der Waals surface area (Å²) in [5, 5.41) is 9.27. The Labute approximate surface area is 128 Å². The molecule has 1 aromatic heterocycles. The van der Waals surface area contributed by atoms with Crippen molar-refractivity contribution >= 4 is 32.4 Å². The number of nitrogens with one attached hydrogen (secondary N) is 2. The first-order valence-electron chi connectivity index (χ1n) is 5.82. The van der Waals surface area contributed by atoms with Crippen molar-refractivity contribution in [3.8, 4) is 0 Å². The zero-order chi connectivity index (χ0) is 16.3. The van der Waals surface area contributed by atoms with Gasteiger partial charge in [-0.2, -0.15) is 0 Å². The van der Waals surface area contributed by atoms with Crippen LogP contribution in [0.4, 0.5) is 13.9 Å². The number of hydrogen-bond donors (Lipinski definition) is 2. The van der Waals surface area contributed by atoms with E-state index in [1.165, 1.54) is 6.92 Å². The van der Waals surface area contributed by atoms with E-state index < -0.39 is 27.6 Å². The molecule has 0 fully saturated rings. The van der Waals surface area contributed by atoms with Gasteiger partial charge in [0.15, 0.2) is 0 Å². The molecule has 7 nitrogen and oxygen atoms in total. The zero-order valence-corrected chi connectivity index (χ0v) is 12.8. The number of halogens is 2. The van der Waals surface area contributed by atoms with E-state index in [2.05, 4.69) is 20.2 Å². The van der Waals surface area contributed by atoms with Gasteiger partial charge in [-0.25, -0.2) is 21.9 Å². The lowest BCUT2D eigenvalue weighted by Gasteiger charge is -2.05. The molecule has 2 aromatic rings. The molecule has 1 heterocycles. The third-order valence-electron chi connectivity index (χ3n) is 2.39.